The summed E-state index contributed by atoms with van der Waals surface area (Å²) in [4.78, 5) is 18.2. The lowest BCUT2D eigenvalue weighted by molar-refractivity contribution is -0.126. The van der Waals surface area contributed by atoms with Crippen LogP contribution in [0.25, 0.3) is 0 Å². The molecule has 3 saturated heterocycles. The van der Waals surface area contributed by atoms with Crippen LogP contribution in [0.15, 0.2) is 18.2 Å². The lowest BCUT2D eigenvalue weighted by Crippen LogP contribution is -2.57. The molecule has 3 aliphatic heterocycles. The third-order valence-electron chi connectivity index (χ3n) is 5.85. The first kappa shape index (κ1) is 15.2. The molecule has 1 amide bonds. The summed E-state index contributed by atoms with van der Waals surface area (Å²) in [6.07, 6.45) is 5.71. The van der Waals surface area contributed by atoms with E-state index in [1.54, 1.807) is 0 Å². The molecule has 1 spiro atoms. The molecule has 3 heterocycles. The minimum Gasteiger partial charge on any atom is -0.317 e. The summed E-state index contributed by atoms with van der Waals surface area (Å²) < 4.78 is 0. The van der Waals surface area contributed by atoms with E-state index in [2.05, 4.69) is 47.2 Å². The average molecular weight is 313 g/mol. The first-order valence-electron chi connectivity index (χ1n) is 9.01. The number of piperidine rings is 2. The predicted octanol–water partition coefficient (Wildman–Crippen LogP) is 2.58. The van der Waals surface area contributed by atoms with Crippen molar-refractivity contribution in [2.75, 3.05) is 24.5 Å². The zero-order valence-electron chi connectivity index (χ0n) is 14.3. The number of carbonyl (C=O) groups is 1. The van der Waals surface area contributed by atoms with Gasteiger partial charge in [0, 0.05) is 12.2 Å². The molecule has 1 unspecified atom stereocenters. The number of hydrogen-bond acceptors (Lipinski definition) is 3. The van der Waals surface area contributed by atoms with Gasteiger partial charge in [-0.15, -0.1) is 0 Å². The highest BCUT2D eigenvalue weighted by molar-refractivity contribution is 6.03. The van der Waals surface area contributed by atoms with E-state index in [0.717, 1.165) is 44.6 Å². The normalized spacial score (nSPS) is 27.5. The highest BCUT2D eigenvalue weighted by Crippen LogP contribution is 2.44. The summed E-state index contributed by atoms with van der Waals surface area (Å²) in [6, 6.07) is 6.54. The van der Waals surface area contributed by atoms with Gasteiger partial charge in [-0.3, -0.25) is 14.6 Å². The molecule has 3 fully saturated rings. The van der Waals surface area contributed by atoms with Crippen molar-refractivity contribution in [3.8, 4) is 0 Å². The lowest BCUT2D eigenvalue weighted by atomic mass is 9.85. The molecular weight excluding hydrogens is 286 g/mol. The predicted molar refractivity (Wildman–Crippen MR) is 92.6 cm³/mol. The van der Waals surface area contributed by atoms with Crippen LogP contribution < -0.4 is 10.2 Å². The van der Waals surface area contributed by atoms with Crippen molar-refractivity contribution < 1.29 is 4.79 Å². The van der Waals surface area contributed by atoms with Gasteiger partial charge in [-0.1, -0.05) is 6.07 Å². The summed E-state index contributed by atoms with van der Waals surface area (Å²) in [5.74, 6) is 0.343. The topological polar surface area (TPSA) is 35.6 Å². The average Bonchev–Trinajstić information content (AvgIpc) is 2.77. The van der Waals surface area contributed by atoms with E-state index in [0.29, 0.717) is 5.91 Å². The van der Waals surface area contributed by atoms with Gasteiger partial charge in [0.2, 0.25) is 5.91 Å². The Hall–Kier alpha value is -1.39. The quantitative estimate of drug-likeness (QED) is 0.865. The molecule has 4 rings (SSSR count). The number of carbonyl (C=O) groups excluding carboxylic acids is 1. The number of amides is 1. The van der Waals surface area contributed by atoms with Crippen molar-refractivity contribution in [2.45, 2.75) is 57.7 Å². The molecule has 0 saturated carbocycles. The first-order chi connectivity index (χ1) is 11.1. The zero-order chi connectivity index (χ0) is 16.0. The van der Waals surface area contributed by atoms with Crippen molar-refractivity contribution in [3.05, 3.63) is 29.3 Å². The third-order valence-corrected chi connectivity index (χ3v) is 5.85. The van der Waals surface area contributed by atoms with Crippen LogP contribution in [0.4, 0.5) is 5.69 Å². The fourth-order valence-corrected chi connectivity index (χ4v) is 4.88. The van der Waals surface area contributed by atoms with E-state index in [-0.39, 0.29) is 11.7 Å². The number of nitrogens with zero attached hydrogens (tertiary/aromatic N) is 2. The van der Waals surface area contributed by atoms with Crippen molar-refractivity contribution in [3.63, 3.8) is 0 Å². The van der Waals surface area contributed by atoms with Gasteiger partial charge in [0.05, 0.1) is 6.17 Å². The van der Waals surface area contributed by atoms with Crippen molar-refractivity contribution >= 4 is 11.6 Å². The summed E-state index contributed by atoms with van der Waals surface area (Å²) in [7, 11) is 0. The minimum absolute atomic E-state index is 0.256. The summed E-state index contributed by atoms with van der Waals surface area (Å²) in [5, 5.41) is 3.43. The molecule has 1 aromatic rings. The zero-order valence-corrected chi connectivity index (χ0v) is 14.3. The summed E-state index contributed by atoms with van der Waals surface area (Å²) >= 11 is 0. The van der Waals surface area contributed by atoms with Gasteiger partial charge in [-0.25, -0.2) is 0 Å². The Morgan fingerprint density at radius 3 is 2.48 bits per heavy atom. The summed E-state index contributed by atoms with van der Waals surface area (Å²) in [6.45, 7) is 7.22. The SMILES string of the molecule is Cc1cc(C)cc(N2C(=O)C3(CCNCC3)N3CCCCC23)c1. The molecule has 1 N–H and O–H groups in total. The molecule has 3 aliphatic rings. The molecule has 124 valence electrons. The monoisotopic (exact) mass is 313 g/mol. The van der Waals surface area contributed by atoms with E-state index in [1.165, 1.54) is 24.0 Å². The molecule has 0 aromatic heterocycles. The third kappa shape index (κ3) is 2.31. The number of anilines is 1. The molecule has 23 heavy (non-hydrogen) atoms. The standard InChI is InChI=1S/C19H27N3O/c1-14-11-15(2)13-16(12-14)22-17-5-3-4-10-21(17)19(18(22)23)6-8-20-9-7-19/h11-13,17,20H,3-10H2,1-2H3. The minimum atomic E-state index is -0.256. The molecular formula is C19H27N3O. The summed E-state index contributed by atoms with van der Waals surface area (Å²) in [5.41, 5.74) is 3.32. The Morgan fingerprint density at radius 2 is 1.78 bits per heavy atom. The first-order valence-corrected chi connectivity index (χ1v) is 9.01. The Labute approximate surface area is 138 Å². The number of fused-ring (bicyclic) bond motifs is 2. The van der Waals surface area contributed by atoms with Gasteiger partial charge >= 0.3 is 0 Å². The number of rotatable bonds is 1. The maximum Gasteiger partial charge on any atom is 0.248 e. The van der Waals surface area contributed by atoms with Gasteiger partial charge in [0.25, 0.3) is 0 Å². The highest BCUT2D eigenvalue weighted by atomic mass is 16.2. The Balaban J connectivity index is 1.78. The van der Waals surface area contributed by atoms with Crippen LogP contribution in [0.5, 0.6) is 0 Å². The number of nitrogens with one attached hydrogen (secondary N) is 1. The van der Waals surface area contributed by atoms with Crippen molar-refractivity contribution in [1.29, 1.82) is 0 Å². The second kappa shape index (κ2) is 5.60. The molecule has 1 aromatic carbocycles. The van der Waals surface area contributed by atoms with Crippen LogP contribution >= 0.6 is 0 Å². The fraction of sp³-hybridized carbons (Fsp3) is 0.632. The van der Waals surface area contributed by atoms with E-state index in [1.807, 2.05) is 0 Å². The molecule has 1 atom stereocenters. The lowest BCUT2D eigenvalue weighted by Gasteiger charge is -2.42. The maximum atomic E-state index is 13.5. The second-order valence-corrected chi connectivity index (χ2v) is 7.47. The van der Waals surface area contributed by atoms with Gasteiger partial charge in [0.15, 0.2) is 0 Å². The number of aryl methyl sites for hydroxylation is 2. The molecule has 4 heteroatoms. The Bertz CT molecular complexity index is 601. The highest BCUT2D eigenvalue weighted by Gasteiger charge is 2.57. The molecule has 0 aliphatic carbocycles. The van der Waals surface area contributed by atoms with Crippen LogP contribution in [0.1, 0.15) is 43.2 Å². The van der Waals surface area contributed by atoms with Gasteiger partial charge in [-0.2, -0.15) is 0 Å². The van der Waals surface area contributed by atoms with E-state index >= 15 is 0 Å². The van der Waals surface area contributed by atoms with E-state index in [9.17, 15) is 4.79 Å². The smallest absolute Gasteiger partial charge is 0.248 e. The number of hydrogen-bond donors (Lipinski definition) is 1. The van der Waals surface area contributed by atoms with Crippen molar-refractivity contribution in [2.24, 2.45) is 0 Å². The second-order valence-electron chi connectivity index (χ2n) is 7.47. The Kier molecular flexibility index (Phi) is 3.69. The molecule has 0 bridgehead atoms. The maximum absolute atomic E-state index is 13.5. The largest absolute Gasteiger partial charge is 0.317 e. The van der Waals surface area contributed by atoms with E-state index < -0.39 is 0 Å². The fourth-order valence-electron chi connectivity index (χ4n) is 4.88. The Morgan fingerprint density at radius 1 is 1.09 bits per heavy atom. The van der Waals surface area contributed by atoms with Crippen LogP contribution in [0.3, 0.4) is 0 Å². The van der Waals surface area contributed by atoms with Crippen molar-refractivity contribution in [1.82, 2.24) is 10.2 Å². The van der Waals surface area contributed by atoms with Gasteiger partial charge in [-0.05, 0) is 82.3 Å². The van der Waals surface area contributed by atoms with Crippen LogP contribution in [0, 0.1) is 13.8 Å². The van der Waals surface area contributed by atoms with Crippen LogP contribution in [-0.2, 0) is 4.79 Å². The molecule has 4 nitrogen and oxygen atoms in total. The van der Waals surface area contributed by atoms with Gasteiger partial charge in [0.1, 0.15) is 5.54 Å². The molecule has 0 radical (unpaired) electrons. The van der Waals surface area contributed by atoms with Crippen LogP contribution in [0.2, 0.25) is 0 Å². The number of benzene rings is 1. The van der Waals surface area contributed by atoms with Gasteiger partial charge < -0.3 is 5.32 Å². The van der Waals surface area contributed by atoms with Crippen LogP contribution in [-0.4, -0.2) is 42.1 Å². The van der Waals surface area contributed by atoms with E-state index in [4.69, 9.17) is 0 Å².